The first kappa shape index (κ1) is 10.2. The molecular formula is C10H10N4O2. The van der Waals surface area contributed by atoms with Gasteiger partial charge in [0.2, 0.25) is 0 Å². The first-order valence-corrected chi connectivity index (χ1v) is 4.65. The molecule has 2 heterocycles. The van der Waals surface area contributed by atoms with Crippen LogP contribution in [0, 0.1) is 0 Å². The number of carbonyl (C=O) groups is 1. The number of aromatic nitrogens is 2. The van der Waals surface area contributed by atoms with Crippen molar-refractivity contribution in [2.24, 2.45) is 0 Å². The van der Waals surface area contributed by atoms with Gasteiger partial charge in [-0.1, -0.05) is 5.16 Å². The van der Waals surface area contributed by atoms with E-state index in [1.54, 1.807) is 18.2 Å². The molecule has 2 aromatic heterocycles. The minimum atomic E-state index is -0.281. The molecule has 0 aliphatic carbocycles. The minimum Gasteiger partial charge on any atom is -0.397 e. The Hall–Kier alpha value is -2.37. The predicted molar refractivity (Wildman–Crippen MR) is 56.3 cm³/mol. The highest BCUT2D eigenvalue weighted by Crippen LogP contribution is 2.01. The van der Waals surface area contributed by atoms with Crippen LogP contribution in [0.1, 0.15) is 16.2 Å². The normalized spacial score (nSPS) is 10.0. The lowest BCUT2D eigenvalue weighted by atomic mass is 10.3. The van der Waals surface area contributed by atoms with Gasteiger partial charge in [-0.25, -0.2) is 4.98 Å². The second-order valence-electron chi connectivity index (χ2n) is 3.14. The van der Waals surface area contributed by atoms with Crippen LogP contribution in [0.15, 0.2) is 35.1 Å². The second-order valence-corrected chi connectivity index (χ2v) is 3.14. The molecule has 0 saturated carbocycles. The number of hydrogen-bond donors (Lipinski definition) is 2. The molecule has 6 nitrogen and oxygen atoms in total. The molecule has 2 rings (SSSR count). The molecule has 0 unspecified atom stereocenters. The zero-order valence-corrected chi connectivity index (χ0v) is 8.38. The lowest BCUT2D eigenvalue weighted by Crippen LogP contribution is -2.23. The number of hydrogen-bond acceptors (Lipinski definition) is 5. The van der Waals surface area contributed by atoms with Crippen LogP contribution in [0.4, 0.5) is 5.69 Å². The van der Waals surface area contributed by atoms with Crippen molar-refractivity contribution in [1.82, 2.24) is 15.5 Å². The highest BCUT2D eigenvalue weighted by molar-refractivity contribution is 5.92. The number of amides is 1. The summed E-state index contributed by atoms with van der Waals surface area (Å²) in [6, 6.07) is 4.86. The molecule has 0 aliphatic rings. The first-order valence-electron chi connectivity index (χ1n) is 4.65. The Balaban J connectivity index is 1.95. The molecule has 0 saturated heterocycles. The van der Waals surface area contributed by atoms with Crippen LogP contribution in [0.2, 0.25) is 0 Å². The van der Waals surface area contributed by atoms with Gasteiger partial charge in [-0.3, -0.25) is 4.79 Å². The number of nitrogens with one attached hydrogen (secondary N) is 1. The fraction of sp³-hybridized carbons (Fsp3) is 0.100. The summed E-state index contributed by atoms with van der Waals surface area (Å²) in [6.07, 6.45) is 2.95. The maximum absolute atomic E-state index is 11.6. The van der Waals surface area contributed by atoms with E-state index in [-0.39, 0.29) is 12.5 Å². The summed E-state index contributed by atoms with van der Waals surface area (Å²) in [5, 5.41) is 6.17. The van der Waals surface area contributed by atoms with E-state index >= 15 is 0 Å². The van der Waals surface area contributed by atoms with Crippen LogP contribution in [0.5, 0.6) is 0 Å². The molecule has 0 aromatic carbocycles. The van der Waals surface area contributed by atoms with Crippen molar-refractivity contribution in [3.63, 3.8) is 0 Å². The minimum absolute atomic E-state index is 0.281. The van der Waals surface area contributed by atoms with Crippen LogP contribution in [0.25, 0.3) is 0 Å². The van der Waals surface area contributed by atoms with E-state index in [9.17, 15) is 4.79 Å². The SMILES string of the molecule is Nc1ccc(C(=O)NCc2ccno2)nc1. The van der Waals surface area contributed by atoms with Crippen LogP contribution in [0.3, 0.4) is 0 Å². The van der Waals surface area contributed by atoms with Gasteiger partial charge in [0.25, 0.3) is 5.91 Å². The van der Waals surface area contributed by atoms with Crippen molar-refractivity contribution in [3.05, 3.63) is 42.0 Å². The molecule has 16 heavy (non-hydrogen) atoms. The standard InChI is InChI=1S/C10H10N4O2/c11-7-1-2-9(12-5-7)10(15)13-6-8-3-4-14-16-8/h1-5H,6,11H2,(H,13,15). The fourth-order valence-electron chi connectivity index (χ4n) is 1.13. The number of nitrogens with zero attached hydrogens (tertiary/aromatic N) is 2. The van der Waals surface area contributed by atoms with Crippen molar-refractivity contribution >= 4 is 11.6 Å². The van der Waals surface area contributed by atoms with E-state index in [0.717, 1.165) is 0 Å². The molecule has 2 aromatic rings. The van der Waals surface area contributed by atoms with Gasteiger partial charge in [0.05, 0.1) is 24.6 Å². The summed E-state index contributed by atoms with van der Waals surface area (Å²) >= 11 is 0. The number of rotatable bonds is 3. The van der Waals surface area contributed by atoms with Crippen molar-refractivity contribution in [2.45, 2.75) is 6.54 Å². The molecule has 3 N–H and O–H groups in total. The van der Waals surface area contributed by atoms with Gasteiger partial charge in [-0.15, -0.1) is 0 Å². The van der Waals surface area contributed by atoms with E-state index in [2.05, 4.69) is 15.5 Å². The number of carbonyl (C=O) groups excluding carboxylic acids is 1. The molecule has 82 valence electrons. The number of pyridine rings is 1. The largest absolute Gasteiger partial charge is 0.397 e. The molecule has 0 aliphatic heterocycles. The van der Waals surface area contributed by atoms with E-state index < -0.39 is 0 Å². The predicted octanol–water partition coefficient (Wildman–Crippen LogP) is 0.582. The summed E-state index contributed by atoms with van der Waals surface area (Å²) in [4.78, 5) is 15.5. The van der Waals surface area contributed by atoms with Gasteiger partial charge < -0.3 is 15.6 Å². The molecule has 6 heteroatoms. The van der Waals surface area contributed by atoms with Crippen molar-refractivity contribution < 1.29 is 9.32 Å². The topological polar surface area (TPSA) is 94.0 Å². The summed E-state index contributed by atoms with van der Waals surface area (Å²) in [7, 11) is 0. The number of anilines is 1. The van der Waals surface area contributed by atoms with E-state index in [1.165, 1.54) is 12.4 Å². The molecule has 0 bridgehead atoms. The number of nitrogen functional groups attached to an aromatic ring is 1. The van der Waals surface area contributed by atoms with Crippen molar-refractivity contribution in [3.8, 4) is 0 Å². The van der Waals surface area contributed by atoms with E-state index in [4.69, 9.17) is 10.3 Å². The Morgan fingerprint density at radius 1 is 1.44 bits per heavy atom. The highest BCUT2D eigenvalue weighted by atomic mass is 16.5. The summed E-state index contributed by atoms with van der Waals surface area (Å²) in [6.45, 7) is 0.283. The maximum atomic E-state index is 11.6. The second kappa shape index (κ2) is 4.43. The lowest BCUT2D eigenvalue weighted by molar-refractivity contribution is 0.0942. The quantitative estimate of drug-likeness (QED) is 0.785. The van der Waals surface area contributed by atoms with Gasteiger partial charge >= 0.3 is 0 Å². The molecule has 0 atom stereocenters. The van der Waals surface area contributed by atoms with Gasteiger partial charge in [0, 0.05) is 6.07 Å². The molecular weight excluding hydrogens is 208 g/mol. The molecule has 0 fully saturated rings. The van der Waals surface area contributed by atoms with E-state index in [0.29, 0.717) is 17.1 Å². The van der Waals surface area contributed by atoms with Crippen LogP contribution in [-0.2, 0) is 6.54 Å². The third-order valence-electron chi connectivity index (χ3n) is 1.93. The van der Waals surface area contributed by atoms with Crippen molar-refractivity contribution in [2.75, 3.05) is 5.73 Å². The van der Waals surface area contributed by atoms with Crippen LogP contribution >= 0.6 is 0 Å². The Bertz CT molecular complexity index is 464. The van der Waals surface area contributed by atoms with Gasteiger partial charge in [-0.2, -0.15) is 0 Å². The monoisotopic (exact) mass is 218 g/mol. The molecule has 0 radical (unpaired) electrons. The van der Waals surface area contributed by atoms with Gasteiger partial charge in [0.15, 0.2) is 5.76 Å². The fourth-order valence-corrected chi connectivity index (χ4v) is 1.13. The molecule has 0 spiro atoms. The maximum Gasteiger partial charge on any atom is 0.270 e. The summed E-state index contributed by atoms with van der Waals surface area (Å²) in [5.41, 5.74) is 6.29. The third kappa shape index (κ3) is 2.35. The average Bonchev–Trinajstić information content (AvgIpc) is 2.80. The number of nitrogens with two attached hydrogens (primary N) is 1. The zero-order valence-electron chi connectivity index (χ0n) is 8.38. The lowest BCUT2D eigenvalue weighted by Gasteiger charge is -2.01. The van der Waals surface area contributed by atoms with Crippen LogP contribution in [-0.4, -0.2) is 16.0 Å². The molecule has 1 amide bonds. The zero-order chi connectivity index (χ0) is 11.4. The Morgan fingerprint density at radius 2 is 2.31 bits per heavy atom. The Morgan fingerprint density at radius 3 is 2.94 bits per heavy atom. The summed E-state index contributed by atoms with van der Waals surface area (Å²) in [5.74, 6) is 0.306. The van der Waals surface area contributed by atoms with E-state index in [1.807, 2.05) is 0 Å². The average molecular weight is 218 g/mol. The van der Waals surface area contributed by atoms with Crippen LogP contribution < -0.4 is 11.1 Å². The smallest absolute Gasteiger partial charge is 0.270 e. The van der Waals surface area contributed by atoms with Crippen molar-refractivity contribution in [1.29, 1.82) is 0 Å². The third-order valence-corrected chi connectivity index (χ3v) is 1.93. The Kier molecular flexibility index (Phi) is 2.81. The highest BCUT2D eigenvalue weighted by Gasteiger charge is 2.07. The Labute approximate surface area is 91.5 Å². The first-order chi connectivity index (χ1) is 7.75. The van der Waals surface area contributed by atoms with Gasteiger partial charge in [0.1, 0.15) is 5.69 Å². The summed E-state index contributed by atoms with van der Waals surface area (Å²) < 4.78 is 4.83. The van der Waals surface area contributed by atoms with Gasteiger partial charge in [-0.05, 0) is 12.1 Å².